The van der Waals surface area contributed by atoms with Crippen LogP contribution < -0.4 is 5.32 Å². The summed E-state index contributed by atoms with van der Waals surface area (Å²) >= 11 is 0. The molecule has 1 fully saturated rings. The second kappa shape index (κ2) is 6.12. The molecule has 0 radical (unpaired) electrons. The SMILES string of the molecule is CCn1cnnc1CNC1CCCN(C)CC1. The molecule has 0 saturated carbocycles. The lowest BCUT2D eigenvalue weighted by atomic mass is 10.1. The highest BCUT2D eigenvalue weighted by Gasteiger charge is 2.14. The summed E-state index contributed by atoms with van der Waals surface area (Å²) in [7, 11) is 2.20. The van der Waals surface area contributed by atoms with E-state index in [4.69, 9.17) is 0 Å². The van der Waals surface area contributed by atoms with E-state index in [-0.39, 0.29) is 0 Å². The maximum atomic E-state index is 4.15. The monoisotopic (exact) mass is 237 g/mol. The summed E-state index contributed by atoms with van der Waals surface area (Å²) < 4.78 is 2.09. The first kappa shape index (κ1) is 12.5. The minimum absolute atomic E-state index is 0.627. The summed E-state index contributed by atoms with van der Waals surface area (Å²) in [6.07, 6.45) is 5.59. The summed E-state index contributed by atoms with van der Waals surface area (Å²) in [6.45, 7) is 6.31. The van der Waals surface area contributed by atoms with Crippen molar-refractivity contribution in [3.63, 3.8) is 0 Å². The molecule has 1 unspecified atom stereocenters. The highest BCUT2D eigenvalue weighted by molar-refractivity contribution is 4.86. The minimum atomic E-state index is 0.627. The molecule has 2 rings (SSSR count). The lowest BCUT2D eigenvalue weighted by Gasteiger charge is -2.16. The predicted molar refractivity (Wildman–Crippen MR) is 67.7 cm³/mol. The molecule has 17 heavy (non-hydrogen) atoms. The van der Waals surface area contributed by atoms with Crippen molar-refractivity contribution in [2.45, 2.75) is 45.3 Å². The van der Waals surface area contributed by atoms with Crippen LogP contribution in [0.2, 0.25) is 0 Å². The molecular weight excluding hydrogens is 214 g/mol. The maximum absolute atomic E-state index is 4.15. The Kier molecular flexibility index (Phi) is 4.50. The molecule has 0 amide bonds. The number of likely N-dealkylation sites (tertiary alicyclic amines) is 1. The standard InChI is InChI=1S/C12H23N5/c1-3-17-10-14-15-12(17)9-13-11-5-4-7-16(2)8-6-11/h10-11,13H,3-9H2,1-2H3. The molecule has 1 saturated heterocycles. The molecule has 96 valence electrons. The average Bonchev–Trinajstić information content (AvgIpc) is 2.69. The van der Waals surface area contributed by atoms with Crippen LogP contribution >= 0.6 is 0 Å². The fourth-order valence-electron chi connectivity index (χ4n) is 2.36. The van der Waals surface area contributed by atoms with Crippen LogP contribution in [0.3, 0.4) is 0 Å². The van der Waals surface area contributed by atoms with Crippen molar-refractivity contribution in [3.05, 3.63) is 12.2 Å². The van der Waals surface area contributed by atoms with Crippen molar-refractivity contribution in [1.82, 2.24) is 25.0 Å². The summed E-state index contributed by atoms with van der Waals surface area (Å²) in [5.74, 6) is 1.05. The Hall–Kier alpha value is -0.940. The molecule has 0 spiro atoms. The van der Waals surface area contributed by atoms with E-state index in [1.54, 1.807) is 6.33 Å². The third kappa shape index (κ3) is 3.51. The van der Waals surface area contributed by atoms with Crippen LogP contribution in [0.15, 0.2) is 6.33 Å². The van der Waals surface area contributed by atoms with Gasteiger partial charge in [0.15, 0.2) is 0 Å². The third-order valence-corrected chi connectivity index (χ3v) is 3.54. The maximum Gasteiger partial charge on any atom is 0.146 e. The second-order valence-electron chi connectivity index (χ2n) is 4.85. The predicted octanol–water partition coefficient (Wildman–Crippen LogP) is 0.872. The Morgan fingerprint density at radius 1 is 1.41 bits per heavy atom. The topological polar surface area (TPSA) is 46.0 Å². The van der Waals surface area contributed by atoms with Gasteiger partial charge in [-0.2, -0.15) is 0 Å². The number of aryl methyl sites for hydroxylation is 1. The molecule has 1 aliphatic heterocycles. The summed E-state index contributed by atoms with van der Waals surface area (Å²) in [6, 6.07) is 0.627. The first-order chi connectivity index (χ1) is 8.29. The molecule has 0 aliphatic carbocycles. The van der Waals surface area contributed by atoms with E-state index < -0.39 is 0 Å². The highest BCUT2D eigenvalue weighted by Crippen LogP contribution is 2.10. The first-order valence-electron chi connectivity index (χ1n) is 6.58. The minimum Gasteiger partial charge on any atom is -0.317 e. The van der Waals surface area contributed by atoms with Crippen molar-refractivity contribution in [2.24, 2.45) is 0 Å². The normalized spacial score (nSPS) is 22.6. The van der Waals surface area contributed by atoms with Crippen molar-refractivity contribution < 1.29 is 0 Å². The Labute approximate surface area is 103 Å². The number of nitrogens with zero attached hydrogens (tertiary/aromatic N) is 4. The quantitative estimate of drug-likeness (QED) is 0.844. The van der Waals surface area contributed by atoms with E-state index in [9.17, 15) is 0 Å². The van der Waals surface area contributed by atoms with Gasteiger partial charge in [0.1, 0.15) is 12.2 Å². The molecule has 1 aromatic rings. The highest BCUT2D eigenvalue weighted by atomic mass is 15.3. The van der Waals surface area contributed by atoms with Crippen LogP contribution in [0, 0.1) is 0 Å². The van der Waals surface area contributed by atoms with Crippen LogP contribution in [-0.2, 0) is 13.1 Å². The van der Waals surface area contributed by atoms with Crippen molar-refractivity contribution in [1.29, 1.82) is 0 Å². The zero-order valence-corrected chi connectivity index (χ0v) is 10.9. The molecule has 1 N–H and O–H groups in total. The average molecular weight is 237 g/mol. The molecule has 1 aliphatic rings. The first-order valence-corrected chi connectivity index (χ1v) is 6.58. The van der Waals surface area contributed by atoms with E-state index in [1.165, 1.54) is 32.4 Å². The summed E-state index contributed by atoms with van der Waals surface area (Å²) in [4.78, 5) is 2.41. The molecule has 5 nitrogen and oxygen atoms in total. The molecule has 1 aromatic heterocycles. The van der Waals surface area contributed by atoms with Crippen LogP contribution in [-0.4, -0.2) is 45.8 Å². The molecule has 5 heteroatoms. The van der Waals surface area contributed by atoms with E-state index in [0.717, 1.165) is 18.9 Å². The van der Waals surface area contributed by atoms with Gasteiger partial charge in [0, 0.05) is 12.6 Å². The number of hydrogen-bond acceptors (Lipinski definition) is 4. The van der Waals surface area contributed by atoms with E-state index in [1.807, 2.05) is 0 Å². The van der Waals surface area contributed by atoms with Gasteiger partial charge in [-0.3, -0.25) is 0 Å². The van der Waals surface area contributed by atoms with Gasteiger partial charge in [-0.1, -0.05) is 0 Å². The smallest absolute Gasteiger partial charge is 0.146 e. The lowest BCUT2D eigenvalue weighted by Crippen LogP contribution is -2.30. The van der Waals surface area contributed by atoms with Crippen molar-refractivity contribution in [2.75, 3.05) is 20.1 Å². The Morgan fingerprint density at radius 2 is 2.29 bits per heavy atom. The van der Waals surface area contributed by atoms with Gasteiger partial charge < -0.3 is 14.8 Å². The Morgan fingerprint density at radius 3 is 3.12 bits per heavy atom. The Balaban J connectivity index is 1.81. The summed E-state index contributed by atoms with van der Waals surface area (Å²) in [5.41, 5.74) is 0. The number of nitrogens with one attached hydrogen (secondary N) is 1. The van der Waals surface area contributed by atoms with E-state index >= 15 is 0 Å². The molecular formula is C12H23N5. The van der Waals surface area contributed by atoms with Gasteiger partial charge in [-0.05, 0) is 46.3 Å². The van der Waals surface area contributed by atoms with Crippen molar-refractivity contribution in [3.8, 4) is 0 Å². The van der Waals surface area contributed by atoms with Gasteiger partial charge >= 0.3 is 0 Å². The number of hydrogen-bond donors (Lipinski definition) is 1. The van der Waals surface area contributed by atoms with Crippen LogP contribution in [0.1, 0.15) is 32.0 Å². The van der Waals surface area contributed by atoms with Crippen LogP contribution in [0.5, 0.6) is 0 Å². The second-order valence-corrected chi connectivity index (χ2v) is 4.85. The van der Waals surface area contributed by atoms with Gasteiger partial charge in [-0.25, -0.2) is 0 Å². The van der Waals surface area contributed by atoms with Crippen LogP contribution in [0.4, 0.5) is 0 Å². The van der Waals surface area contributed by atoms with E-state index in [0.29, 0.717) is 6.04 Å². The fourth-order valence-corrected chi connectivity index (χ4v) is 2.36. The number of aromatic nitrogens is 3. The molecule has 0 aromatic carbocycles. The number of rotatable bonds is 4. The molecule has 2 heterocycles. The van der Waals surface area contributed by atoms with Gasteiger partial charge in [0.05, 0.1) is 6.54 Å². The molecule has 0 bridgehead atoms. The van der Waals surface area contributed by atoms with Crippen LogP contribution in [0.25, 0.3) is 0 Å². The Bertz CT molecular complexity index is 335. The fraction of sp³-hybridized carbons (Fsp3) is 0.833. The zero-order chi connectivity index (χ0) is 12.1. The third-order valence-electron chi connectivity index (χ3n) is 3.54. The van der Waals surface area contributed by atoms with E-state index in [2.05, 4.69) is 39.0 Å². The van der Waals surface area contributed by atoms with Gasteiger partial charge in [0.2, 0.25) is 0 Å². The molecule has 1 atom stereocenters. The van der Waals surface area contributed by atoms with Crippen molar-refractivity contribution >= 4 is 0 Å². The summed E-state index contributed by atoms with van der Waals surface area (Å²) in [5, 5.41) is 11.7. The van der Waals surface area contributed by atoms with Gasteiger partial charge in [0.25, 0.3) is 0 Å². The van der Waals surface area contributed by atoms with Gasteiger partial charge in [-0.15, -0.1) is 10.2 Å². The zero-order valence-electron chi connectivity index (χ0n) is 10.9. The largest absolute Gasteiger partial charge is 0.317 e. The lowest BCUT2D eigenvalue weighted by molar-refractivity contribution is 0.343.